The minimum atomic E-state index is 0. The van der Waals surface area contributed by atoms with Gasteiger partial charge in [-0.2, -0.15) is 5.10 Å². The van der Waals surface area contributed by atoms with Crippen molar-refractivity contribution in [2.75, 3.05) is 20.1 Å². The highest BCUT2D eigenvalue weighted by molar-refractivity contribution is 14.0. The van der Waals surface area contributed by atoms with E-state index in [2.05, 4.69) is 72.4 Å². The second-order valence-electron chi connectivity index (χ2n) is 7.12. The second kappa shape index (κ2) is 10.9. The molecule has 0 amide bonds. The van der Waals surface area contributed by atoms with Gasteiger partial charge in [0.15, 0.2) is 5.96 Å². The van der Waals surface area contributed by atoms with Crippen molar-refractivity contribution in [2.45, 2.75) is 25.6 Å². The van der Waals surface area contributed by atoms with Gasteiger partial charge in [-0.25, -0.2) is 4.98 Å². The fourth-order valence-electron chi connectivity index (χ4n) is 3.73. The van der Waals surface area contributed by atoms with E-state index >= 15 is 0 Å². The molecule has 160 valence electrons. The summed E-state index contributed by atoms with van der Waals surface area (Å²) < 4.78 is 1.76. The molecular formula is C21H28IN7S. The minimum Gasteiger partial charge on any atom is -0.354 e. The molecule has 2 N–H and O–H groups in total. The van der Waals surface area contributed by atoms with E-state index in [1.54, 1.807) is 18.1 Å². The Labute approximate surface area is 198 Å². The quantitative estimate of drug-likeness (QED) is 0.288. The fourth-order valence-corrected chi connectivity index (χ4v) is 4.62. The smallest absolute Gasteiger partial charge is 0.191 e. The molecule has 1 aromatic carbocycles. The Morgan fingerprint density at radius 3 is 2.80 bits per heavy atom. The molecule has 1 atom stereocenters. The Morgan fingerprint density at radius 1 is 1.23 bits per heavy atom. The normalized spacial score (nSPS) is 15.2. The zero-order chi connectivity index (χ0) is 20.1. The number of thiophene rings is 1. The van der Waals surface area contributed by atoms with Crippen LogP contribution >= 0.6 is 35.3 Å². The van der Waals surface area contributed by atoms with Crippen molar-refractivity contribution in [1.29, 1.82) is 0 Å². The summed E-state index contributed by atoms with van der Waals surface area (Å²) in [6.45, 7) is 3.42. The van der Waals surface area contributed by atoms with Crippen LogP contribution in [0.2, 0.25) is 0 Å². The number of aromatic nitrogens is 3. The van der Waals surface area contributed by atoms with Crippen LogP contribution < -0.4 is 10.6 Å². The van der Waals surface area contributed by atoms with Gasteiger partial charge >= 0.3 is 0 Å². The number of hydrogen-bond donors (Lipinski definition) is 2. The molecule has 30 heavy (non-hydrogen) atoms. The molecule has 0 saturated heterocycles. The van der Waals surface area contributed by atoms with Crippen LogP contribution in [0.1, 0.15) is 27.9 Å². The summed E-state index contributed by atoms with van der Waals surface area (Å²) in [4.78, 5) is 12.7. The maximum atomic E-state index is 4.38. The van der Waals surface area contributed by atoms with E-state index in [0.717, 1.165) is 37.8 Å². The molecular weight excluding hydrogens is 509 g/mol. The molecule has 1 unspecified atom stereocenters. The van der Waals surface area contributed by atoms with Gasteiger partial charge in [0.25, 0.3) is 0 Å². The number of nitrogens with one attached hydrogen (secondary N) is 2. The molecule has 0 aliphatic carbocycles. The lowest BCUT2D eigenvalue weighted by molar-refractivity contribution is 0.181. The molecule has 0 bridgehead atoms. The molecule has 1 aliphatic heterocycles. The highest BCUT2D eigenvalue weighted by Crippen LogP contribution is 2.30. The van der Waals surface area contributed by atoms with E-state index in [1.165, 1.54) is 16.0 Å². The fraction of sp³-hybridized carbons (Fsp3) is 0.381. The van der Waals surface area contributed by atoms with E-state index in [1.807, 2.05) is 18.4 Å². The number of hydrogen-bond acceptors (Lipinski definition) is 5. The molecule has 1 aliphatic rings. The highest BCUT2D eigenvalue weighted by Gasteiger charge is 2.25. The predicted molar refractivity (Wildman–Crippen MR) is 132 cm³/mol. The maximum Gasteiger partial charge on any atom is 0.191 e. The van der Waals surface area contributed by atoms with Crippen LogP contribution in [0.4, 0.5) is 0 Å². The SMILES string of the molecule is CN=C(NCc1ncnn1C)NCC(c1ccccc1)N1CCc2sccc2C1.I. The monoisotopic (exact) mass is 537 g/mol. The first-order chi connectivity index (χ1) is 14.2. The molecule has 3 heterocycles. The van der Waals surface area contributed by atoms with Crippen molar-refractivity contribution < 1.29 is 0 Å². The van der Waals surface area contributed by atoms with Crippen LogP contribution in [0.3, 0.4) is 0 Å². The number of nitrogens with zero attached hydrogens (tertiary/aromatic N) is 5. The second-order valence-corrected chi connectivity index (χ2v) is 8.12. The summed E-state index contributed by atoms with van der Waals surface area (Å²) in [5.41, 5.74) is 2.79. The molecule has 9 heteroatoms. The summed E-state index contributed by atoms with van der Waals surface area (Å²) in [6, 6.07) is 13.3. The number of benzene rings is 1. The van der Waals surface area contributed by atoms with Gasteiger partial charge in [0.2, 0.25) is 0 Å². The zero-order valence-electron chi connectivity index (χ0n) is 17.3. The Morgan fingerprint density at radius 2 is 2.07 bits per heavy atom. The summed E-state index contributed by atoms with van der Waals surface area (Å²) >= 11 is 1.88. The van der Waals surface area contributed by atoms with Crippen LogP contribution in [0.5, 0.6) is 0 Å². The van der Waals surface area contributed by atoms with Gasteiger partial charge < -0.3 is 10.6 Å². The Balaban J connectivity index is 0.00000256. The largest absolute Gasteiger partial charge is 0.354 e. The first kappa shape index (κ1) is 22.7. The summed E-state index contributed by atoms with van der Waals surface area (Å²) in [5, 5.41) is 13.2. The van der Waals surface area contributed by atoms with Crippen LogP contribution in [0.25, 0.3) is 0 Å². The van der Waals surface area contributed by atoms with Gasteiger partial charge in [0.1, 0.15) is 12.2 Å². The third-order valence-electron chi connectivity index (χ3n) is 5.37. The van der Waals surface area contributed by atoms with E-state index in [-0.39, 0.29) is 30.0 Å². The van der Waals surface area contributed by atoms with E-state index in [4.69, 9.17) is 0 Å². The summed E-state index contributed by atoms with van der Waals surface area (Å²) in [6.07, 6.45) is 2.68. The van der Waals surface area contributed by atoms with E-state index in [9.17, 15) is 0 Å². The predicted octanol–water partition coefficient (Wildman–Crippen LogP) is 2.96. The number of guanidine groups is 1. The molecule has 7 nitrogen and oxygen atoms in total. The lowest BCUT2D eigenvalue weighted by Gasteiger charge is -2.35. The minimum absolute atomic E-state index is 0. The summed E-state index contributed by atoms with van der Waals surface area (Å²) in [5.74, 6) is 1.63. The van der Waals surface area contributed by atoms with Crippen molar-refractivity contribution in [3.05, 3.63) is 69.9 Å². The molecule has 0 fully saturated rings. The molecule has 0 radical (unpaired) electrons. The number of aliphatic imine (C=N–C) groups is 1. The van der Waals surface area contributed by atoms with Crippen LogP contribution in [-0.4, -0.2) is 45.8 Å². The van der Waals surface area contributed by atoms with Crippen molar-refractivity contribution in [3.63, 3.8) is 0 Å². The lowest BCUT2D eigenvalue weighted by atomic mass is 10.0. The number of aryl methyl sites for hydroxylation is 1. The number of fused-ring (bicyclic) bond motifs is 1. The third kappa shape index (κ3) is 5.38. The maximum absolute atomic E-state index is 4.38. The first-order valence-electron chi connectivity index (χ1n) is 9.86. The van der Waals surface area contributed by atoms with Crippen molar-refractivity contribution in [3.8, 4) is 0 Å². The lowest BCUT2D eigenvalue weighted by Crippen LogP contribution is -2.44. The Bertz CT molecular complexity index is 953. The van der Waals surface area contributed by atoms with E-state index in [0.29, 0.717) is 6.54 Å². The molecule has 0 spiro atoms. The topological polar surface area (TPSA) is 70.4 Å². The van der Waals surface area contributed by atoms with Crippen LogP contribution in [0.15, 0.2) is 53.1 Å². The zero-order valence-corrected chi connectivity index (χ0v) is 20.4. The molecule has 4 rings (SSSR count). The molecule has 3 aromatic rings. The van der Waals surface area contributed by atoms with Crippen molar-refractivity contribution in [2.24, 2.45) is 12.0 Å². The molecule has 2 aromatic heterocycles. The highest BCUT2D eigenvalue weighted by atomic mass is 127. The van der Waals surface area contributed by atoms with Gasteiger partial charge in [-0.15, -0.1) is 35.3 Å². The third-order valence-corrected chi connectivity index (χ3v) is 6.39. The average molecular weight is 537 g/mol. The standard InChI is InChI=1S/C21H27N7S.HI/c1-22-21(24-13-20-25-15-26-27(20)2)23-12-18(16-6-4-3-5-7-16)28-10-8-19-17(14-28)9-11-29-19;/h3-7,9,11,15,18H,8,10,12-14H2,1-2H3,(H2,22,23,24);1H. The molecule has 0 saturated carbocycles. The average Bonchev–Trinajstić information content (AvgIpc) is 3.39. The number of rotatable bonds is 6. The van der Waals surface area contributed by atoms with Crippen LogP contribution in [-0.2, 0) is 26.6 Å². The van der Waals surface area contributed by atoms with Crippen LogP contribution in [0, 0.1) is 0 Å². The van der Waals surface area contributed by atoms with Gasteiger partial charge in [0, 0.05) is 38.6 Å². The van der Waals surface area contributed by atoms with Gasteiger partial charge in [-0.3, -0.25) is 14.6 Å². The van der Waals surface area contributed by atoms with Gasteiger partial charge in [-0.05, 0) is 29.0 Å². The van der Waals surface area contributed by atoms with Crippen molar-refractivity contribution >= 4 is 41.3 Å². The van der Waals surface area contributed by atoms with Crippen molar-refractivity contribution in [1.82, 2.24) is 30.3 Å². The van der Waals surface area contributed by atoms with E-state index < -0.39 is 0 Å². The Hall–Kier alpha value is -1.98. The summed E-state index contributed by atoms with van der Waals surface area (Å²) in [7, 11) is 3.68. The first-order valence-corrected chi connectivity index (χ1v) is 10.7. The number of halogens is 1. The Kier molecular flexibility index (Phi) is 8.23. The van der Waals surface area contributed by atoms with Gasteiger partial charge in [0.05, 0.1) is 12.6 Å². The van der Waals surface area contributed by atoms with Gasteiger partial charge in [-0.1, -0.05) is 30.3 Å².